The van der Waals surface area contributed by atoms with Crippen molar-refractivity contribution in [3.63, 3.8) is 0 Å². The zero-order valence-electron chi connectivity index (χ0n) is 23.3. The number of hydrogen-bond donors (Lipinski definition) is 1. The lowest BCUT2D eigenvalue weighted by molar-refractivity contribution is -0.127. The van der Waals surface area contributed by atoms with Gasteiger partial charge in [0.1, 0.15) is 24.1 Å². The van der Waals surface area contributed by atoms with Gasteiger partial charge in [0.05, 0.1) is 16.7 Å². The number of nitrogens with zero attached hydrogens (tertiary/aromatic N) is 3. The van der Waals surface area contributed by atoms with Crippen LogP contribution in [0.4, 0.5) is 5.82 Å². The highest BCUT2D eigenvalue weighted by Gasteiger charge is 2.64. The molecule has 5 rings (SSSR count). The van der Waals surface area contributed by atoms with Gasteiger partial charge >= 0.3 is 23.6 Å². The molecule has 4 aromatic rings. The number of ether oxygens (including phenoxy) is 4. The monoisotopic (exact) mass is 594 g/mol. The van der Waals surface area contributed by atoms with Crippen molar-refractivity contribution in [1.82, 2.24) is 9.55 Å². The number of rotatable bonds is 8. The Morgan fingerprint density at radius 1 is 0.864 bits per heavy atom. The molecule has 12 heteroatoms. The van der Waals surface area contributed by atoms with Gasteiger partial charge in [0.15, 0.2) is 6.10 Å². The summed E-state index contributed by atoms with van der Waals surface area (Å²) in [6.07, 6.45) is -4.76. The van der Waals surface area contributed by atoms with Gasteiger partial charge in [0.25, 0.3) is 5.72 Å². The zero-order valence-corrected chi connectivity index (χ0v) is 23.3. The summed E-state index contributed by atoms with van der Waals surface area (Å²) in [5, 5.41) is 10.6. The number of anilines is 1. The lowest BCUT2D eigenvalue weighted by Crippen LogP contribution is -2.52. The Morgan fingerprint density at radius 2 is 1.36 bits per heavy atom. The van der Waals surface area contributed by atoms with Crippen LogP contribution in [0.25, 0.3) is 0 Å². The smallest absolute Gasteiger partial charge is 0.352 e. The maximum Gasteiger partial charge on any atom is 0.352 e. The Balaban J connectivity index is 1.61. The minimum Gasteiger partial charge on any atom is -0.456 e. The predicted octanol–water partition coefficient (Wildman–Crippen LogP) is 3.10. The van der Waals surface area contributed by atoms with Crippen LogP contribution < -0.4 is 11.4 Å². The average Bonchev–Trinajstić information content (AvgIpc) is 3.35. The number of benzene rings is 3. The van der Waals surface area contributed by atoms with Crippen molar-refractivity contribution in [1.29, 1.82) is 5.26 Å². The van der Waals surface area contributed by atoms with Crippen LogP contribution >= 0.6 is 0 Å². The maximum atomic E-state index is 13.4. The first kappa shape index (κ1) is 29.7. The van der Waals surface area contributed by atoms with Crippen molar-refractivity contribution in [3.8, 4) is 6.07 Å². The normalized spacial score (nSPS) is 21.4. The lowest BCUT2D eigenvalue weighted by Gasteiger charge is -2.30. The molecule has 5 atom stereocenters. The molecular weight excluding hydrogens is 568 g/mol. The van der Waals surface area contributed by atoms with Gasteiger partial charge in [-0.05, 0) is 49.4 Å². The molecule has 222 valence electrons. The molecule has 1 aromatic heterocycles. The van der Waals surface area contributed by atoms with Crippen molar-refractivity contribution < 1.29 is 33.3 Å². The standard InChI is InChI=1S/C32H26N4O8/c1-20(41-28(37)21-11-5-2-6-12-21)25-26(42-29(38)22-13-7-3-8-14-22)27(43-30(39)23-15-9-4-10-16-23)32(19-33,44-25)36-18-17-24(34)35-31(36)40/h2-18,20,25-27H,1H3,(H2,34,35,40)/t20-,25-,26-,27-,32-/m1/s1. The third kappa shape index (κ3) is 5.90. The van der Waals surface area contributed by atoms with E-state index in [2.05, 4.69) is 4.98 Å². The van der Waals surface area contributed by atoms with E-state index in [0.717, 1.165) is 10.8 Å². The van der Waals surface area contributed by atoms with E-state index in [1.54, 1.807) is 66.7 Å². The minimum absolute atomic E-state index is 0.113. The molecule has 3 aromatic carbocycles. The molecule has 2 N–H and O–H groups in total. The van der Waals surface area contributed by atoms with E-state index in [0.29, 0.717) is 0 Å². The Morgan fingerprint density at radius 3 is 1.86 bits per heavy atom. The fourth-order valence-electron chi connectivity index (χ4n) is 4.78. The number of carbonyl (C=O) groups is 3. The molecule has 0 bridgehead atoms. The largest absolute Gasteiger partial charge is 0.456 e. The lowest BCUT2D eigenvalue weighted by atomic mass is 10.00. The summed E-state index contributed by atoms with van der Waals surface area (Å²) in [6, 6.07) is 27.1. The van der Waals surface area contributed by atoms with E-state index in [1.807, 2.05) is 6.07 Å². The van der Waals surface area contributed by atoms with E-state index in [4.69, 9.17) is 24.7 Å². The quantitative estimate of drug-likeness (QED) is 0.235. The van der Waals surface area contributed by atoms with Gasteiger partial charge < -0.3 is 24.7 Å². The molecular formula is C32H26N4O8. The van der Waals surface area contributed by atoms with Crippen LogP contribution in [-0.4, -0.2) is 51.9 Å². The second-order valence-electron chi connectivity index (χ2n) is 9.80. The maximum absolute atomic E-state index is 13.4. The second kappa shape index (κ2) is 12.6. The van der Waals surface area contributed by atoms with Crippen molar-refractivity contribution in [3.05, 3.63) is 130 Å². The topological polar surface area (TPSA) is 173 Å². The summed E-state index contributed by atoms with van der Waals surface area (Å²) in [4.78, 5) is 56.5. The van der Waals surface area contributed by atoms with Crippen LogP contribution in [0.2, 0.25) is 0 Å². The van der Waals surface area contributed by atoms with Gasteiger partial charge in [0.2, 0.25) is 6.10 Å². The minimum atomic E-state index is -2.43. The summed E-state index contributed by atoms with van der Waals surface area (Å²) < 4.78 is 24.4. The van der Waals surface area contributed by atoms with Crippen LogP contribution in [0.5, 0.6) is 0 Å². The number of nitrogen functional groups attached to an aromatic ring is 1. The third-order valence-electron chi connectivity index (χ3n) is 6.93. The highest BCUT2D eigenvalue weighted by Crippen LogP contribution is 2.41. The average molecular weight is 595 g/mol. The van der Waals surface area contributed by atoms with Crippen LogP contribution in [0.3, 0.4) is 0 Å². The molecule has 1 aliphatic heterocycles. The molecule has 0 unspecified atom stereocenters. The SMILES string of the molecule is C[C@@H](OC(=O)c1ccccc1)[C@H]1O[C@@](C#N)(n2ccc(N)nc2=O)[C@H](OC(=O)c2ccccc2)[C@@H]1OC(=O)c1ccccc1. The number of hydrogen-bond acceptors (Lipinski definition) is 11. The van der Waals surface area contributed by atoms with Crippen molar-refractivity contribution >= 4 is 23.7 Å². The van der Waals surface area contributed by atoms with Gasteiger partial charge in [-0.2, -0.15) is 10.2 Å². The van der Waals surface area contributed by atoms with E-state index >= 15 is 0 Å². The van der Waals surface area contributed by atoms with Gasteiger partial charge in [-0.25, -0.2) is 19.2 Å². The molecule has 1 fully saturated rings. The number of nitriles is 1. The zero-order chi connectivity index (χ0) is 31.3. The molecule has 0 spiro atoms. The van der Waals surface area contributed by atoms with Gasteiger partial charge in [-0.1, -0.05) is 54.6 Å². The molecule has 0 radical (unpaired) electrons. The van der Waals surface area contributed by atoms with Gasteiger partial charge in [0, 0.05) is 6.20 Å². The number of carbonyl (C=O) groups excluding carboxylic acids is 3. The molecule has 44 heavy (non-hydrogen) atoms. The Hall–Kier alpha value is -5.80. The number of aromatic nitrogens is 2. The molecule has 2 heterocycles. The summed E-state index contributed by atoms with van der Waals surface area (Å²) in [7, 11) is 0. The first-order valence-electron chi connectivity index (χ1n) is 13.5. The van der Waals surface area contributed by atoms with E-state index < -0.39 is 53.7 Å². The fraction of sp³-hybridized carbons (Fsp3) is 0.188. The first-order chi connectivity index (χ1) is 21.2. The Kier molecular flexibility index (Phi) is 8.50. The first-order valence-corrected chi connectivity index (χ1v) is 13.5. The third-order valence-corrected chi connectivity index (χ3v) is 6.93. The van der Waals surface area contributed by atoms with Crippen LogP contribution in [-0.2, 0) is 24.7 Å². The Labute approximate surface area is 251 Å². The van der Waals surface area contributed by atoms with Crippen molar-refractivity contribution in [2.24, 2.45) is 0 Å². The van der Waals surface area contributed by atoms with Gasteiger partial charge in [-0.15, -0.1) is 0 Å². The van der Waals surface area contributed by atoms with E-state index in [9.17, 15) is 24.4 Å². The van der Waals surface area contributed by atoms with E-state index in [-0.39, 0.29) is 22.5 Å². The van der Waals surface area contributed by atoms with E-state index in [1.165, 1.54) is 37.3 Å². The Bertz CT molecular complexity index is 1760. The highest BCUT2D eigenvalue weighted by atomic mass is 16.7. The summed E-state index contributed by atoms with van der Waals surface area (Å²) >= 11 is 0. The van der Waals surface area contributed by atoms with Crippen LogP contribution in [0, 0.1) is 11.3 Å². The highest BCUT2D eigenvalue weighted by molar-refractivity contribution is 5.91. The fourth-order valence-corrected chi connectivity index (χ4v) is 4.78. The number of nitrogens with two attached hydrogens (primary N) is 1. The molecule has 1 aliphatic rings. The molecule has 1 saturated heterocycles. The molecule has 12 nitrogen and oxygen atoms in total. The summed E-state index contributed by atoms with van der Waals surface area (Å²) in [6.45, 7) is 1.46. The predicted molar refractivity (Wildman–Crippen MR) is 154 cm³/mol. The second-order valence-corrected chi connectivity index (χ2v) is 9.80. The van der Waals surface area contributed by atoms with Gasteiger partial charge in [-0.3, -0.25) is 4.57 Å². The number of esters is 3. The van der Waals surface area contributed by atoms with Crippen LogP contribution in [0.15, 0.2) is 108 Å². The summed E-state index contributed by atoms with van der Waals surface area (Å²) in [5.74, 6) is -2.61. The van der Waals surface area contributed by atoms with Crippen molar-refractivity contribution in [2.75, 3.05) is 5.73 Å². The molecule has 0 saturated carbocycles. The molecule has 0 aliphatic carbocycles. The van der Waals surface area contributed by atoms with Crippen LogP contribution in [0.1, 0.15) is 38.0 Å². The molecule has 0 amide bonds. The van der Waals surface area contributed by atoms with Crippen molar-refractivity contribution in [2.45, 2.75) is 37.1 Å². The summed E-state index contributed by atoms with van der Waals surface area (Å²) in [5.41, 5.74) is 2.74.